The molecule has 2 aromatic carbocycles. The van der Waals surface area contributed by atoms with E-state index >= 15 is 0 Å². The lowest BCUT2D eigenvalue weighted by atomic mass is 9.95. The van der Waals surface area contributed by atoms with Crippen LogP contribution in [0.4, 0.5) is 0 Å². The second-order valence-electron chi connectivity index (χ2n) is 11.0. The Morgan fingerprint density at radius 1 is 0.913 bits per heavy atom. The van der Waals surface area contributed by atoms with Gasteiger partial charge in [-0.3, -0.25) is 24.2 Å². The highest BCUT2D eigenvalue weighted by Gasteiger charge is 2.29. The van der Waals surface area contributed by atoms with Crippen LogP contribution in [0.15, 0.2) is 58.2 Å². The number of rotatable bonds is 16. The van der Waals surface area contributed by atoms with Crippen LogP contribution in [0.25, 0.3) is 11.1 Å². The number of hydrogen-bond acceptors (Lipinski definition) is 8. The Bertz CT molecular complexity index is 1530. The fraction of sp³-hybridized carbons (Fsp3) is 0.344. The van der Waals surface area contributed by atoms with Crippen LogP contribution in [0, 0.1) is 13.8 Å². The molecule has 12 N–H and O–H groups in total. The standard InChI is InChI=1S/C32H42N8O5S/c1-18-12-22(41)13-19(2)24(18)15-25(33)29(43)39-26(8-5-10-37-32(35)36)31(45)40-27(30(44)38-16-28(34)42)14-20-6-3-4-7-23(20)21-9-11-46-17-21/h3-4,6-7,9,11-13,17,25-27,41H,5,8,10,14-16,33H2,1-2H3,(H2,34,42)(H,38,44)(H,39,43)(H,40,45)(H4,35,36,37)/t25-,26+,27-/m0/s1. The van der Waals surface area contributed by atoms with Gasteiger partial charge in [0.15, 0.2) is 5.96 Å². The lowest BCUT2D eigenvalue weighted by Crippen LogP contribution is -2.57. The molecule has 1 heterocycles. The number of thiophene rings is 1. The van der Waals surface area contributed by atoms with Gasteiger partial charge in [0.2, 0.25) is 23.6 Å². The smallest absolute Gasteiger partial charge is 0.243 e. The summed E-state index contributed by atoms with van der Waals surface area (Å²) < 4.78 is 0. The minimum absolute atomic E-state index is 0.0932. The predicted octanol–water partition coefficient (Wildman–Crippen LogP) is 0.475. The van der Waals surface area contributed by atoms with Gasteiger partial charge < -0.3 is 44.0 Å². The van der Waals surface area contributed by atoms with Crippen molar-refractivity contribution in [1.82, 2.24) is 16.0 Å². The van der Waals surface area contributed by atoms with Crippen molar-refractivity contribution >= 4 is 40.9 Å². The van der Waals surface area contributed by atoms with E-state index in [-0.39, 0.29) is 37.5 Å². The molecule has 14 heteroatoms. The molecule has 0 aliphatic rings. The van der Waals surface area contributed by atoms with Gasteiger partial charge in [-0.25, -0.2) is 0 Å². The number of aryl methyl sites for hydroxylation is 2. The molecule has 0 saturated carbocycles. The molecule has 4 amide bonds. The van der Waals surface area contributed by atoms with Gasteiger partial charge in [0.05, 0.1) is 12.6 Å². The first-order valence-corrected chi connectivity index (χ1v) is 15.7. The number of guanidine groups is 1. The maximum atomic E-state index is 13.7. The highest BCUT2D eigenvalue weighted by atomic mass is 32.1. The van der Waals surface area contributed by atoms with Crippen LogP contribution >= 0.6 is 11.3 Å². The molecule has 3 atom stereocenters. The van der Waals surface area contributed by atoms with Crippen LogP contribution in [-0.2, 0) is 32.0 Å². The summed E-state index contributed by atoms with van der Waals surface area (Å²) in [6, 6.07) is 9.41. The number of benzene rings is 2. The van der Waals surface area contributed by atoms with Crippen LogP contribution in [0.1, 0.15) is 35.1 Å². The average Bonchev–Trinajstić information content (AvgIpc) is 3.53. The monoisotopic (exact) mass is 650 g/mol. The Morgan fingerprint density at radius 3 is 2.22 bits per heavy atom. The maximum absolute atomic E-state index is 13.7. The van der Waals surface area contributed by atoms with E-state index < -0.39 is 48.3 Å². The summed E-state index contributed by atoms with van der Waals surface area (Å²) in [5.74, 6) is -2.56. The number of amides is 4. The number of carbonyl (C=O) groups is 4. The lowest BCUT2D eigenvalue weighted by Gasteiger charge is -2.25. The quantitative estimate of drug-likeness (QED) is 0.0614. The van der Waals surface area contributed by atoms with Crippen LogP contribution < -0.4 is 38.9 Å². The average molecular weight is 651 g/mol. The zero-order valence-corrected chi connectivity index (χ0v) is 26.7. The van der Waals surface area contributed by atoms with E-state index in [0.717, 1.165) is 33.4 Å². The number of primary amides is 1. The predicted molar refractivity (Wildman–Crippen MR) is 179 cm³/mol. The van der Waals surface area contributed by atoms with Crippen molar-refractivity contribution in [2.75, 3.05) is 13.1 Å². The van der Waals surface area contributed by atoms with E-state index in [2.05, 4.69) is 20.9 Å². The van der Waals surface area contributed by atoms with E-state index in [1.807, 2.05) is 54.9 Å². The number of aromatic hydroxyl groups is 1. The number of carbonyl (C=O) groups excluding carboxylic acids is 4. The Labute approximate surface area is 271 Å². The van der Waals surface area contributed by atoms with Gasteiger partial charge >= 0.3 is 0 Å². The first kappa shape index (κ1) is 35.5. The summed E-state index contributed by atoms with van der Waals surface area (Å²) in [6.45, 7) is 3.41. The third-order valence-electron chi connectivity index (χ3n) is 7.36. The first-order valence-electron chi connectivity index (χ1n) is 14.7. The molecule has 0 unspecified atom stereocenters. The van der Waals surface area contributed by atoms with Gasteiger partial charge in [-0.1, -0.05) is 24.3 Å². The minimum atomic E-state index is -1.11. The highest BCUT2D eigenvalue weighted by Crippen LogP contribution is 2.27. The van der Waals surface area contributed by atoms with Gasteiger partial charge in [-0.2, -0.15) is 11.3 Å². The van der Waals surface area contributed by atoms with Crippen LogP contribution in [0.5, 0.6) is 5.75 Å². The van der Waals surface area contributed by atoms with Crippen molar-refractivity contribution in [3.63, 3.8) is 0 Å². The van der Waals surface area contributed by atoms with Gasteiger partial charge in [0.1, 0.15) is 17.8 Å². The first-order chi connectivity index (χ1) is 21.8. The number of phenolic OH excluding ortho intramolecular Hbond substituents is 1. The number of aliphatic imine (C=N–C) groups is 1. The Hall–Kier alpha value is -4.95. The molecule has 0 aliphatic carbocycles. The Kier molecular flexibility index (Phi) is 13.1. The summed E-state index contributed by atoms with van der Waals surface area (Å²) >= 11 is 1.53. The third-order valence-corrected chi connectivity index (χ3v) is 8.05. The summed E-state index contributed by atoms with van der Waals surface area (Å²) in [7, 11) is 0. The molecule has 3 aromatic rings. The van der Waals surface area contributed by atoms with E-state index in [1.54, 1.807) is 12.1 Å². The number of phenols is 1. The van der Waals surface area contributed by atoms with Crippen molar-refractivity contribution in [2.24, 2.45) is 27.9 Å². The molecule has 46 heavy (non-hydrogen) atoms. The molecular formula is C32H42N8O5S. The van der Waals surface area contributed by atoms with Crippen molar-refractivity contribution < 1.29 is 24.3 Å². The fourth-order valence-corrected chi connectivity index (χ4v) is 5.71. The zero-order valence-electron chi connectivity index (χ0n) is 25.9. The van der Waals surface area contributed by atoms with Crippen molar-refractivity contribution in [1.29, 1.82) is 0 Å². The fourth-order valence-electron chi connectivity index (χ4n) is 5.05. The van der Waals surface area contributed by atoms with E-state index in [1.165, 1.54) is 11.3 Å². The molecule has 0 fully saturated rings. The second-order valence-corrected chi connectivity index (χ2v) is 11.8. The number of hydrogen-bond donors (Lipinski definition) is 8. The molecule has 0 bridgehead atoms. The molecule has 0 spiro atoms. The molecule has 1 aromatic heterocycles. The van der Waals surface area contributed by atoms with Crippen LogP contribution in [0.2, 0.25) is 0 Å². The SMILES string of the molecule is Cc1cc(O)cc(C)c1C[C@H](N)C(=O)N[C@H](CCCN=C(N)N)C(=O)N[C@@H](Cc1ccccc1-c1ccsc1)C(=O)NCC(N)=O. The Morgan fingerprint density at radius 2 is 1.59 bits per heavy atom. The lowest BCUT2D eigenvalue weighted by molar-refractivity contribution is -0.133. The van der Waals surface area contributed by atoms with Crippen molar-refractivity contribution in [3.8, 4) is 16.9 Å². The summed E-state index contributed by atoms with van der Waals surface area (Å²) in [6.07, 6.45) is 0.736. The minimum Gasteiger partial charge on any atom is -0.508 e. The molecule has 13 nitrogen and oxygen atoms in total. The summed E-state index contributed by atoms with van der Waals surface area (Å²) in [4.78, 5) is 55.7. The van der Waals surface area contributed by atoms with E-state index in [0.29, 0.717) is 6.42 Å². The summed E-state index contributed by atoms with van der Waals surface area (Å²) in [5.41, 5.74) is 27.4. The van der Waals surface area contributed by atoms with Crippen LogP contribution in [0.3, 0.4) is 0 Å². The molecule has 246 valence electrons. The Balaban J connectivity index is 1.84. The number of nitrogens with one attached hydrogen (secondary N) is 3. The molecule has 0 saturated heterocycles. The molecule has 0 aliphatic heterocycles. The number of nitrogens with two attached hydrogens (primary N) is 4. The normalized spacial score (nSPS) is 12.8. The van der Waals surface area contributed by atoms with Gasteiger partial charge in [0, 0.05) is 13.0 Å². The second kappa shape index (κ2) is 16.9. The zero-order chi connectivity index (χ0) is 33.8. The molecule has 0 radical (unpaired) electrons. The van der Waals surface area contributed by atoms with Gasteiger partial charge in [0.25, 0.3) is 0 Å². The topological polar surface area (TPSA) is 241 Å². The van der Waals surface area contributed by atoms with Crippen LogP contribution in [-0.4, -0.2) is 65.9 Å². The molecular weight excluding hydrogens is 608 g/mol. The van der Waals surface area contributed by atoms with Gasteiger partial charge in [-0.05, 0) is 95.4 Å². The van der Waals surface area contributed by atoms with E-state index in [4.69, 9.17) is 22.9 Å². The maximum Gasteiger partial charge on any atom is 0.243 e. The van der Waals surface area contributed by atoms with Crippen molar-refractivity contribution in [3.05, 3.63) is 75.5 Å². The molecule has 3 rings (SSSR count). The summed E-state index contributed by atoms with van der Waals surface area (Å²) in [5, 5.41) is 21.8. The number of nitrogens with zero attached hydrogens (tertiary/aromatic N) is 1. The highest BCUT2D eigenvalue weighted by molar-refractivity contribution is 7.08. The van der Waals surface area contributed by atoms with Gasteiger partial charge in [-0.15, -0.1) is 0 Å². The van der Waals surface area contributed by atoms with Crippen molar-refractivity contribution in [2.45, 2.75) is 57.7 Å². The third kappa shape index (κ3) is 10.6. The largest absolute Gasteiger partial charge is 0.508 e. The van der Waals surface area contributed by atoms with E-state index in [9.17, 15) is 24.3 Å².